The maximum Gasteiger partial charge on any atom is 0.254 e. The van der Waals surface area contributed by atoms with Crippen LogP contribution >= 0.6 is 23.2 Å². The number of nitrogens with one attached hydrogen (secondary N) is 1. The van der Waals surface area contributed by atoms with Crippen LogP contribution in [-0.2, 0) is 0 Å². The number of carbonyl (C=O) groups excluding carboxylic acids is 1. The highest BCUT2D eigenvalue weighted by Crippen LogP contribution is 2.33. The third kappa shape index (κ3) is 3.27. The quantitative estimate of drug-likeness (QED) is 0.894. The van der Waals surface area contributed by atoms with Crippen molar-refractivity contribution in [2.75, 3.05) is 6.61 Å². The number of aliphatic hydroxyl groups is 1. The van der Waals surface area contributed by atoms with Gasteiger partial charge in [-0.25, -0.2) is 0 Å². The van der Waals surface area contributed by atoms with Crippen molar-refractivity contribution in [3.8, 4) is 0 Å². The smallest absolute Gasteiger partial charge is 0.254 e. The third-order valence-electron chi connectivity index (χ3n) is 4.10. The lowest BCUT2D eigenvalue weighted by Gasteiger charge is -2.38. The normalized spacial score (nSPS) is 26.3. The standard InChI is InChI=1S/C15H19Cl2NO2/c1-10-5-7-15(9-19,8-6-10)18-14(20)13-11(16)3-2-4-12(13)17/h2-4,10,19H,5-9H2,1H3,(H,18,20). The Hall–Kier alpha value is -0.770. The molecule has 20 heavy (non-hydrogen) atoms. The highest BCUT2D eigenvalue weighted by atomic mass is 35.5. The molecule has 0 spiro atoms. The van der Waals surface area contributed by atoms with E-state index in [1.165, 1.54) is 0 Å². The molecule has 2 rings (SSSR count). The number of benzene rings is 1. The number of aliphatic hydroxyl groups excluding tert-OH is 1. The van der Waals surface area contributed by atoms with Gasteiger partial charge in [-0.3, -0.25) is 4.79 Å². The topological polar surface area (TPSA) is 49.3 Å². The van der Waals surface area contributed by atoms with Gasteiger partial charge in [-0.2, -0.15) is 0 Å². The van der Waals surface area contributed by atoms with Crippen LogP contribution < -0.4 is 5.32 Å². The molecule has 0 aliphatic heterocycles. The molecule has 5 heteroatoms. The van der Waals surface area contributed by atoms with E-state index in [-0.39, 0.29) is 18.1 Å². The zero-order valence-electron chi connectivity index (χ0n) is 11.5. The summed E-state index contributed by atoms with van der Waals surface area (Å²) in [6.07, 6.45) is 3.55. The molecular formula is C15H19Cl2NO2. The fourth-order valence-electron chi connectivity index (χ4n) is 2.66. The predicted octanol–water partition coefficient (Wildman–Crippen LogP) is 3.66. The second kappa shape index (κ2) is 6.33. The Morgan fingerprint density at radius 1 is 1.35 bits per heavy atom. The van der Waals surface area contributed by atoms with E-state index in [2.05, 4.69) is 12.2 Å². The second-order valence-electron chi connectivity index (χ2n) is 5.67. The van der Waals surface area contributed by atoms with Gasteiger partial charge in [-0.1, -0.05) is 36.2 Å². The highest BCUT2D eigenvalue weighted by Gasteiger charge is 2.35. The summed E-state index contributed by atoms with van der Waals surface area (Å²) >= 11 is 12.1. The minimum atomic E-state index is -0.550. The van der Waals surface area contributed by atoms with E-state index in [0.29, 0.717) is 16.0 Å². The zero-order chi connectivity index (χ0) is 14.8. The van der Waals surface area contributed by atoms with E-state index in [4.69, 9.17) is 23.2 Å². The van der Waals surface area contributed by atoms with E-state index >= 15 is 0 Å². The van der Waals surface area contributed by atoms with Crippen molar-refractivity contribution < 1.29 is 9.90 Å². The van der Waals surface area contributed by atoms with Crippen molar-refractivity contribution in [2.24, 2.45) is 5.92 Å². The van der Waals surface area contributed by atoms with Gasteiger partial charge in [-0.05, 0) is 43.7 Å². The van der Waals surface area contributed by atoms with E-state index in [1.807, 2.05) is 0 Å². The van der Waals surface area contributed by atoms with Crippen LogP contribution in [0.25, 0.3) is 0 Å². The van der Waals surface area contributed by atoms with Crippen molar-refractivity contribution in [1.29, 1.82) is 0 Å². The van der Waals surface area contributed by atoms with Crippen LogP contribution in [0, 0.1) is 5.92 Å². The van der Waals surface area contributed by atoms with Gasteiger partial charge >= 0.3 is 0 Å². The van der Waals surface area contributed by atoms with Crippen molar-refractivity contribution in [3.05, 3.63) is 33.8 Å². The summed E-state index contributed by atoms with van der Waals surface area (Å²) in [6, 6.07) is 4.97. The monoisotopic (exact) mass is 315 g/mol. The molecule has 1 saturated carbocycles. The number of amides is 1. The first-order valence-corrected chi connectivity index (χ1v) is 7.60. The number of rotatable bonds is 3. The van der Waals surface area contributed by atoms with E-state index in [9.17, 15) is 9.90 Å². The van der Waals surface area contributed by atoms with Crippen molar-refractivity contribution in [2.45, 2.75) is 38.1 Å². The van der Waals surface area contributed by atoms with Gasteiger partial charge in [0.25, 0.3) is 5.91 Å². The number of halogens is 2. The summed E-state index contributed by atoms with van der Waals surface area (Å²) in [4.78, 5) is 12.4. The highest BCUT2D eigenvalue weighted by molar-refractivity contribution is 6.39. The fourth-order valence-corrected chi connectivity index (χ4v) is 3.22. The Bertz CT molecular complexity index is 476. The van der Waals surface area contributed by atoms with Crippen LogP contribution in [0.5, 0.6) is 0 Å². The molecular weight excluding hydrogens is 297 g/mol. The largest absolute Gasteiger partial charge is 0.394 e. The molecule has 1 aromatic carbocycles. The SMILES string of the molecule is CC1CCC(CO)(NC(=O)c2c(Cl)cccc2Cl)CC1. The van der Waals surface area contributed by atoms with Gasteiger partial charge in [0.2, 0.25) is 0 Å². The van der Waals surface area contributed by atoms with Crippen molar-refractivity contribution >= 4 is 29.1 Å². The van der Waals surface area contributed by atoms with Crippen molar-refractivity contribution in [1.82, 2.24) is 5.32 Å². The molecule has 1 fully saturated rings. The molecule has 2 N–H and O–H groups in total. The lowest BCUT2D eigenvalue weighted by atomic mass is 9.77. The molecule has 110 valence electrons. The Morgan fingerprint density at radius 3 is 2.40 bits per heavy atom. The minimum Gasteiger partial charge on any atom is -0.394 e. The van der Waals surface area contributed by atoms with Crippen molar-refractivity contribution in [3.63, 3.8) is 0 Å². The number of carbonyl (C=O) groups is 1. The summed E-state index contributed by atoms with van der Waals surface area (Å²) < 4.78 is 0. The molecule has 1 amide bonds. The number of hydrogen-bond acceptors (Lipinski definition) is 2. The third-order valence-corrected chi connectivity index (χ3v) is 4.73. The van der Waals surface area contributed by atoms with E-state index in [1.54, 1.807) is 18.2 Å². The summed E-state index contributed by atoms with van der Waals surface area (Å²) in [5, 5.41) is 13.3. The first-order valence-electron chi connectivity index (χ1n) is 6.85. The molecule has 0 radical (unpaired) electrons. The van der Waals surface area contributed by atoms with Gasteiger partial charge in [-0.15, -0.1) is 0 Å². The molecule has 0 saturated heterocycles. The van der Waals surface area contributed by atoms with E-state index < -0.39 is 5.54 Å². The van der Waals surface area contributed by atoms with Gasteiger partial charge in [0.1, 0.15) is 0 Å². The maximum absolute atomic E-state index is 12.4. The van der Waals surface area contributed by atoms with E-state index in [0.717, 1.165) is 25.7 Å². The zero-order valence-corrected chi connectivity index (χ0v) is 13.0. The van der Waals surface area contributed by atoms with Gasteiger partial charge < -0.3 is 10.4 Å². The molecule has 3 nitrogen and oxygen atoms in total. The summed E-state index contributed by atoms with van der Waals surface area (Å²) in [5.74, 6) is 0.319. The molecule has 0 aromatic heterocycles. The first-order chi connectivity index (χ1) is 9.47. The van der Waals surface area contributed by atoms with Gasteiger partial charge in [0, 0.05) is 0 Å². The average molecular weight is 316 g/mol. The Kier molecular flexibility index (Phi) is 4.95. The summed E-state index contributed by atoms with van der Waals surface area (Å²) in [7, 11) is 0. The van der Waals surface area contributed by atoms with Crippen LogP contribution in [0.2, 0.25) is 10.0 Å². The fraction of sp³-hybridized carbons (Fsp3) is 0.533. The predicted molar refractivity (Wildman–Crippen MR) is 81.4 cm³/mol. The lowest BCUT2D eigenvalue weighted by molar-refractivity contribution is 0.0717. The molecule has 0 bridgehead atoms. The molecule has 0 unspecified atom stereocenters. The molecule has 1 aliphatic rings. The van der Waals surface area contributed by atoms with Crippen LogP contribution in [0.1, 0.15) is 43.0 Å². The molecule has 0 heterocycles. The van der Waals surface area contributed by atoms with Crippen LogP contribution in [0.4, 0.5) is 0 Å². The first kappa shape index (κ1) is 15.6. The van der Waals surface area contributed by atoms with Crippen LogP contribution in [0.3, 0.4) is 0 Å². The lowest BCUT2D eigenvalue weighted by Crippen LogP contribution is -2.53. The van der Waals surface area contributed by atoms with Crippen LogP contribution in [0.15, 0.2) is 18.2 Å². The molecule has 1 aromatic rings. The summed E-state index contributed by atoms with van der Waals surface area (Å²) in [5.41, 5.74) is -0.270. The van der Waals surface area contributed by atoms with Gasteiger partial charge in [0.05, 0.1) is 27.8 Å². The Morgan fingerprint density at radius 2 is 1.90 bits per heavy atom. The molecule has 1 aliphatic carbocycles. The minimum absolute atomic E-state index is 0.0620. The number of hydrogen-bond donors (Lipinski definition) is 2. The Labute approximate surface area is 129 Å². The average Bonchev–Trinajstić information content (AvgIpc) is 2.41. The van der Waals surface area contributed by atoms with Crippen LogP contribution in [-0.4, -0.2) is 23.2 Å². The maximum atomic E-state index is 12.4. The van der Waals surface area contributed by atoms with Gasteiger partial charge in [0.15, 0.2) is 0 Å². The summed E-state index contributed by atoms with van der Waals surface area (Å²) in [6.45, 7) is 2.13. The Balaban J connectivity index is 2.18. The second-order valence-corrected chi connectivity index (χ2v) is 6.49. The molecule has 0 atom stereocenters.